The summed E-state index contributed by atoms with van der Waals surface area (Å²) in [6.07, 6.45) is 2.69. The second-order valence-electron chi connectivity index (χ2n) is 5.26. The molecule has 0 aromatic heterocycles. The van der Waals surface area contributed by atoms with Gasteiger partial charge in [0.05, 0.1) is 0 Å². The van der Waals surface area contributed by atoms with E-state index in [-0.39, 0.29) is 0 Å². The Hall–Kier alpha value is -0.0400. The third-order valence-electron chi connectivity index (χ3n) is 4.24. The molecule has 12 heavy (non-hydrogen) atoms. The van der Waals surface area contributed by atoms with Crippen molar-refractivity contribution in [2.24, 2.45) is 35.3 Å². The van der Waals surface area contributed by atoms with Crippen molar-refractivity contribution >= 4 is 0 Å². The van der Waals surface area contributed by atoms with Gasteiger partial charge in [0.2, 0.25) is 0 Å². The van der Waals surface area contributed by atoms with E-state index in [0.717, 1.165) is 29.6 Å². The van der Waals surface area contributed by atoms with Gasteiger partial charge < -0.3 is 5.73 Å². The zero-order valence-electron chi connectivity index (χ0n) is 8.46. The number of fused-ring (bicyclic) bond motifs is 1. The molecule has 0 amide bonds. The molecule has 2 N–H and O–H groups in total. The quantitative estimate of drug-likeness (QED) is 0.637. The summed E-state index contributed by atoms with van der Waals surface area (Å²) in [7, 11) is 0. The number of rotatable bonds is 1. The van der Waals surface area contributed by atoms with Crippen LogP contribution in [0.5, 0.6) is 0 Å². The Morgan fingerprint density at radius 2 is 1.92 bits per heavy atom. The van der Waals surface area contributed by atoms with E-state index in [1.807, 2.05) is 0 Å². The molecule has 0 bridgehead atoms. The van der Waals surface area contributed by atoms with E-state index in [1.54, 1.807) is 0 Å². The molecule has 1 heteroatoms. The summed E-state index contributed by atoms with van der Waals surface area (Å²) in [6.45, 7) is 7.10. The second kappa shape index (κ2) is 2.73. The smallest absolute Gasteiger partial charge is 0.00729 e. The van der Waals surface area contributed by atoms with Gasteiger partial charge in [0.1, 0.15) is 0 Å². The van der Waals surface area contributed by atoms with Crippen molar-refractivity contribution in [1.29, 1.82) is 0 Å². The van der Waals surface area contributed by atoms with Crippen LogP contribution in [0.4, 0.5) is 0 Å². The summed E-state index contributed by atoms with van der Waals surface area (Å²) in [5.74, 6) is 4.57. The Bertz CT molecular complexity index is 171. The molecule has 0 heterocycles. The molecule has 0 aliphatic heterocycles. The molecule has 5 atom stereocenters. The van der Waals surface area contributed by atoms with E-state index in [9.17, 15) is 0 Å². The third kappa shape index (κ3) is 1.02. The summed E-state index contributed by atoms with van der Waals surface area (Å²) in [4.78, 5) is 0. The van der Waals surface area contributed by atoms with Crippen LogP contribution < -0.4 is 5.73 Å². The Balaban J connectivity index is 2.08. The third-order valence-corrected chi connectivity index (χ3v) is 4.24. The fraction of sp³-hybridized carbons (Fsp3) is 1.00. The maximum atomic E-state index is 6.11. The molecule has 2 fully saturated rings. The predicted molar refractivity (Wildman–Crippen MR) is 51.7 cm³/mol. The average molecular weight is 167 g/mol. The summed E-state index contributed by atoms with van der Waals surface area (Å²) in [5, 5.41) is 0. The van der Waals surface area contributed by atoms with Crippen LogP contribution in [0.1, 0.15) is 33.6 Å². The minimum absolute atomic E-state index is 0.526. The standard InChI is InChI=1S/C11H21N/c1-6(2)8-5-10(12)9-4-7(3)11(8)9/h6-11H,4-5,12H2,1-3H3. The van der Waals surface area contributed by atoms with E-state index in [4.69, 9.17) is 5.73 Å². The van der Waals surface area contributed by atoms with Gasteiger partial charge in [-0.25, -0.2) is 0 Å². The van der Waals surface area contributed by atoms with Crippen molar-refractivity contribution in [3.63, 3.8) is 0 Å². The van der Waals surface area contributed by atoms with Gasteiger partial charge in [-0.15, -0.1) is 0 Å². The van der Waals surface area contributed by atoms with Crippen molar-refractivity contribution in [2.75, 3.05) is 0 Å². The van der Waals surface area contributed by atoms with Gasteiger partial charge in [0.15, 0.2) is 0 Å². The highest BCUT2D eigenvalue weighted by atomic mass is 14.7. The van der Waals surface area contributed by atoms with Gasteiger partial charge >= 0.3 is 0 Å². The van der Waals surface area contributed by atoms with E-state index >= 15 is 0 Å². The van der Waals surface area contributed by atoms with Crippen molar-refractivity contribution in [3.8, 4) is 0 Å². The molecule has 0 radical (unpaired) electrons. The minimum Gasteiger partial charge on any atom is -0.327 e. The number of hydrogen-bond donors (Lipinski definition) is 1. The topological polar surface area (TPSA) is 26.0 Å². The van der Waals surface area contributed by atoms with Crippen LogP contribution in [0.2, 0.25) is 0 Å². The summed E-state index contributed by atoms with van der Waals surface area (Å²) in [5.41, 5.74) is 6.11. The number of hydrogen-bond acceptors (Lipinski definition) is 1. The Morgan fingerprint density at radius 3 is 2.33 bits per heavy atom. The highest BCUT2D eigenvalue weighted by Gasteiger charge is 2.51. The molecule has 2 aliphatic rings. The largest absolute Gasteiger partial charge is 0.327 e. The monoisotopic (exact) mass is 167 g/mol. The van der Waals surface area contributed by atoms with Gasteiger partial charge in [-0.2, -0.15) is 0 Å². The Morgan fingerprint density at radius 1 is 1.25 bits per heavy atom. The molecule has 0 aromatic rings. The van der Waals surface area contributed by atoms with E-state index in [1.165, 1.54) is 12.8 Å². The van der Waals surface area contributed by atoms with Crippen molar-refractivity contribution in [1.82, 2.24) is 0 Å². The van der Waals surface area contributed by atoms with Gasteiger partial charge in [0, 0.05) is 6.04 Å². The highest BCUT2D eigenvalue weighted by Crippen LogP contribution is 2.55. The van der Waals surface area contributed by atoms with E-state index in [0.29, 0.717) is 6.04 Å². The van der Waals surface area contributed by atoms with Crippen LogP contribution in [0, 0.1) is 29.6 Å². The van der Waals surface area contributed by atoms with Crippen molar-refractivity contribution in [2.45, 2.75) is 39.7 Å². The van der Waals surface area contributed by atoms with Crippen LogP contribution in [0.3, 0.4) is 0 Å². The SMILES string of the molecule is CC(C)C1CC(N)C2CC(C)C12. The molecule has 0 saturated heterocycles. The van der Waals surface area contributed by atoms with E-state index < -0.39 is 0 Å². The lowest BCUT2D eigenvalue weighted by Gasteiger charge is -2.43. The molecule has 2 saturated carbocycles. The maximum Gasteiger partial charge on any atom is 0.00729 e. The Kier molecular flexibility index (Phi) is 1.95. The summed E-state index contributed by atoms with van der Waals surface area (Å²) >= 11 is 0. The van der Waals surface area contributed by atoms with Crippen LogP contribution in [-0.2, 0) is 0 Å². The summed E-state index contributed by atoms with van der Waals surface area (Å²) < 4.78 is 0. The minimum atomic E-state index is 0.526. The molecular weight excluding hydrogens is 146 g/mol. The zero-order chi connectivity index (χ0) is 8.88. The fourth-order valence-electron chi connectivity index (χ4n) is 3.53. The van der Waals surface area contributed by atoms with E-state index in [2.05, 4.69) is 20.8 Å². The molecule has 70 valence electrons. The van der Waals surface area contributed by atoms with Gasteiger partial charge in [-0.05, 0) is 42.4 Å². The maximum absolute atomic E-state index is 6.11. The number of nitrogens with two attached hydrogens (primary N) is 1. The van der Waals surface area contributed by atoms with Crippen molar-refractivity contribution in [3.05, 3.63) is 0 Å². The molecule has 0 aromatic carbocycles. The highest BCUT2D eigenvalue weighted by molar-refractivity contribution is 5.03. The predicted octanol–water partition coefficient (Wildman–Crippen LogP) is 2.26. The second-order valence-corrected chi connectivity index (χ2v) is 5.26. The van der Waals surface area contributed by atoms with Crippen LogP contribution >= 0.6 is 0 Å². The molecule has 2 rings (SSSR count). The van der Waals surface area contributed by atoms with Gasteiger partial charge in [-0.1, -0.05) is 20.8 Å². The molecule has 1 nitrogen and oxygen atoms in total. The Labute approximate surface area is 75.7 Å². The van der Waals surface area contributed by atoms with Crippen LogP contribution in [-0.4, -0.2) is 6.04 Å². The molecule has 2 aliphatic carbocycles. The molecule has 5 unspecified atom stereocenters. The lowest BCUT2D eigenvalue weighted by molar-refractivity contribution is 0.0593. The molecule has 0 spiro atoms. The van der Waals surface area contributed by atoms with Gasteiger partial charge in [-0.3, -0.25) is 0 Å². The first-order valence-electron chi connectivity index (χ1n) is 5.37. The van der Waals surface area contributed by atoms with Gasteiger partial charge in [0.25, 0.3) is 0 Å². The zero-order valence-corrected chi connectivity index (χ0v) is 8.46. The fourth-order valence-corrected chi connectivity index (χ4v) is 3.53. The first-order valence-corrected chi connectivity index (χ1v) is 5.37. The normalized spacial score (nSPS) is 52.2. The van der Waals surface area contributed by atoms with Crippen LogP contribution in [0.15, 0.2) is 0 Å². The van der Waals surface area contributed by atoms with Crippen LogP contribution in [0.25, 0.3) is 0 Å². The average Bonchev–Trinajstić information content (AvgIpc) is 2.22. The lowest BCUT2D eigenvalue weighted by Crippen LogP contribution is -2.41. The first kappa shape index (κ1) is 8.55. The lowest BCUT2D eigenvalue weighted by atomic mass is 9.62. The van der Waals surface area contributed by atoms with Crippen molar-refractivity contribution < 1.29 is 0 Å². The first-order chi connectivity index (χ1) is 5.61. The molecular formula is C11H21N. The summed E-state index contributed by atoms with van der Waals surface area (Å²) in [6, 6.07) is 0.526.